The van der Waals surface area contributed by atoms with Gasteiger partial charge >= 0.3 is 6.01 Å². The molecule has 3 aliphatic heterocycles. The molecule has 3 atom stereocenters. The van der Waals surface area contributed by atoms with E-state index in [1.165, 1.54) is 24.4 Å². The lowest BCUT2D eigenvalue weighted by Crippen LogP contribution is -2.51. The van der Waals surface area contributed by atoms with Crippen molar-refractivity contribution in [2.75, 3.05) is 31.1 Å². The second kappa shape index (κ2) is 10.3. The van der Waals surface area contributed by atoms with E-state index < -0.39 is 17.2 Å². The molecule has 0 aliphatic carbocycles. The number of benzene rings is 1. The zero-order valence-electron chi connectivity index (χ0n) is 23.2. The second-order valence-electron chi connectivity index (χ2n) is 11.7. The Morgan fingerprint density at radius 1 is 1.12 bits per heavy atom. The largest absolute Gasteiger partial charge is 0.462 e. The molecule has 4 aromatic rings. The Morgan fingerprint density at radius 3 is 2.71 bits per heavy atom. The third-order valence-corrected chi connectivity index (χ3v) is 8.72. The van der Waals surface area contributed by atoms with Crippen molar-refractivity contribution < 1.29 is 13.5 Å². The minimum Gasteiger partial charge on any atom is -0.462 e. The van der Waals surface area contributed by atoms with Crippen molar-refractivity contribution in [2.24, 2.45) is 0 Å². The van der Waals surface area contributed by atoms with Crippen LogP contribution in [0.5, 0.6) is 6.01 Å². The van der Waals surface area contributed by atoms with Gasteiger partial charge in [-0.25, -0.2) is 8.78 Å². The Morgan fingerprint density at radius 2 is 1.93 bits per heavy atom. The maximum atomic E-state index is 16.5. The molecule has 3 aliphatic rings. The molecule has 2 unspecified atom stereocenters. The standard InChI is InChI=1S/C30H33F2N7O2/c1-16(2)39-10-4-6-20(39)15-41-30-36-26-21(29(37-30)38-13-18-8-9-19(14-38)34-18)12-33-28(25(26)32)27-24-17(11-23(40)35-27)5-3-7-22(24)31/h3,5,7,11-12,16,18-20,34H,4,6,8-10,13-15H2,1-2H3,(H,35,40)/t18?,19?,20-/m0/s1. The molecule has 0 saturated carbocycles. The van der Waals surface area contributed by atoms with Crippen LogP contribution in [-0.4, -0.2) is 75.2 Å². The van der Waals surface area contributed by atoms with Crippen molar-refractivity contribution in [2.45, 2.75) is 63.7 Å². The highest BCUT2D eigenvalue weighted by Gasteiger charge is 2.34. The summed E-state index contributed by atoms with van der Waals surface area (Å²) < 4.78 is 37.6. The summed E-state index contributed by atoms with van der Waals surface area (Å²) in [5, 5.41) is 4.53. The molecule has 2 bridgehead atoms. The molecule has 3 saturated heterocycles. The molecular weight excluding hydrogens is 528 g/mol. The van der Waals surface area contributed by atoms with E-state index >= 15 is 4.39 Å². The number of ether oxygens (including phenoxy) is 1. The molecule has 2 N–H and O–H groups in total. The minimum atomic E-state index is -0.759. The average molecular weight is 562 g/mol. The number of fused-ring (bicyclic) bond motifs is 4. The van der Waals surface area contributed by atoms with Crippen LogP contribution in [-0.2, 0) is 0 Å². The van der Waals surface area contributed by atoms with E-state index in [4.69, 9.17) is 9.72 Å². The van der Waals surface area contributed by atoms with Crippen molar-refractivity contribution in [3.05, 3.63) is 52.5 Å². The lowest BCUT2D eigenvalue weighted by Gasteiger charge is -2.34. The van der Waals surface area contributed by atoms with Crippen molar-refractivity contribution in [3.8, 4) is 17.4 Å². The topological polar surface area (TPSA) is 99.3 Å². The predicted octanol–water partition coefficient (Wildman–Crippen LogP) is 4.00. The Hall–Kier alpha value is -3.70. The van der Waals surface area contributed by atoms with Crippen LogP contribution in [0.15, 0.2) is 35.3 Å². The number of hydrogen-bond donors (Lipinski definition) is 2. The molecular formula is C30H33F2N7O2. The maximum absolute atomic E-state index is 16.5. The molecule has 1 aromatic carbocycles. The van der Waals surface area contributed by atoms with E-state index in [1.54, 1.807) is 6.07 Å². The zero-order chi connectivity index (χ0) is 28.2. The molecule has 3 aromatic heterocycles. The van der Waals surface area contributed by atoms with E-state index in [0.29, 0.717) is 41.3 Å². The summed E-state index contributed by atoms with van der Waals surface area (Å²) in [5.41, 5.74) is -0.647. The number of hydrogen-bond acceptors (Lipinski definition) is 8. The van der Waals surface area contributed by atoms with Crippen LogP contribution >= 0.6 is 0 Å². The third-order valence-electron chi connectivity index (χ3n) is 8.72. The Bertz CT molecular complexity index is 1680. The SMILES string of the molecule is CC(C)N1CCC[C@H]1COc1nc(N2CC3CCC(C2)N3)c2cnc(-c3[nH]c(=O)cc4cccc(F)c34)c(F)c2n1. The van der Waals surface area contributed by atoms with Gasteiger partial charge in [-0.2, -0.15) is 9.97 Å². The third kappa shape index (κ3) is 4.70. The number of anilines is 1. The first-order chi connectivity index (χ1) is 19.9. The predicted molar refractivity (Wildman–Crippen MR) is 153 cm³/mol. The number of H-pyrrole nitrogens is 1. The van der Waals surface area contributed by atoms with E-state index in [2.05, 4.69) is 43.9 Å². The normalized spacial score (nSPS) is 22.9. The van der Waals surface area contributed by atoms with Gasteiger partial charge < -0.3 is 19.9 Å². The summed E-state index contributed by atoms with van der Waals surface area (Å²) >= 11 is 0. The fraction of sp³-hybridized carbons (Fsp3) is 0.467. The zero-order valence-corrected chi connectivity index (χ0v) is 23.2. The van der Waals surface area contributed by atoms with Crippen LogP contribution in [0.1, 0.15) is 39.5 Å². The van der Waals surface area contributed by atoms with Gasteiger partial charge in [-0.05, 0) is 57.5 Å². The Kier molecular flexibility index (Phi) is 6.58. The minimum absolute atomic E-state index is 0.0219. The number of likely N-dealkylation sites (tertiary alicyclic amines) is 1. The molecule has 0 amide bonds. The number of pyridine rings is 2. The lowest BCUT2D eigenvalue weighted by atomic mass is 10.1. The maximum Gasteiger partial charge on any atom is 0.319 e. The van der Waals surface area contributed by atoms with Crippen LogP contribution in [0.4, 0.5) is 14.6 Å². The molecule has 11 heteroatoms. The number of nitrogens with one attached hydrogen (secondary N) is 2. The van der Waals surface area contributed by atoms with Gasteiger partial charge in [-0.3, -0.25) is 14.7 Å². The Balaban J connectivity index is 1.35. The fourth-order valence-corrected chi connectivity index (χ4v) is 6.82. The van der Waals surface area contributed by atoms with Crippen molar-refractivity contribution in [1.82, 2.24) is 30.2 Å². The molecule has 6 heterocycles. The van der Waals surface area contributed by atoms with Gasteiger partial charge in [0.25, 0.3) is 0 Å². The lowest BCUT2D eigenvalue weighted by molar-refractivity contribution is 0.138. The molecule has 0 radical (unpaired) electrons. The first kappa shape index (κ1) is 26.2. The summed E-state index contributed by atoms with van der Waals surface area (Å²) in [6, 6.07) is 7.09. The molecule has 214 valence electrons. The van der Waals surface area contributed by atoms with Gasteiger partial charge in [0.15, 0.2) is 5.82 Å². The van der Waals surface area contributed by atoms with Crippen LogP contribution < -0.4 is 20.5 Å². The number of halogens is 2. The highest BCUT2D eigenvalue weighted by Crippen LogP contribution is 2.35. The first-order valence-electron chi connectivity index (χ1n) is 14.4. The van der Waals surface area contributed by atoms with Crippen molar-refractivity contribution >= 4 is 27.5 Å². The van der Waals surface area contributed by atoms with Crippen LogP contribution in [0.25, 0.3) is 33.1 Å². The molecule has 9 nitrogen and oxygen atoms in total. The van der Waals surface area contributed by atoms with Gasteiger partial charge in [-0.1, -0.05) is 12.1 Å². The number of aromatic nitrogens is 4. The number of rotatable bonds is 6. The summed E-state index contributed by atoms with van der Waals surface area (Å²) in [6.45, 7) is 7.23. The van der Waals surface area contributed by atoms with E-state index in [9.17, 15) is 9.18 Å². The van der Waals surface area contributed by atoms with Gasteiger partial charge in [-0.15, -0.1) is 0 Å². The Labute approximate surface area is 235 Å². The molecule has 7 rings (SSSR count). The number of nitrogens with zero attached hydrogens (tertiary/aromatic N) is 5. The van der Waals surface area contributed by atoms with E-state index in [1.807, 2.05) is 0 Å². The molecule has 3 fully saturated rings. The average Bonchev–Trinajstić information content (AvgIpc) is 3.57. The van der Waals surface area contributed by atoms with Crippen LogP contribution in [0.3, 0.4) is 0 Å². The monoisotopic (exact) mass is 561 g/mol. The fourth-order valence-electron chi connectivity index (χ4n) is 6.82. The molecule has 0 spiro atoms. The smallest absolute Gasteiger partial charge is 0.319 e. The highest BCUT2D eigenvalue weighted by atomic mass is 19.1. The van der Waals surface area contributed by atoms with E-state index in [-0.39, 0.29) is 34.3 Å². The van der Waals surface area contributed by atoms with Gasteiger partial charge in [0, 0.05) is 54.9 Å². The number of aromatic amines is 1. The van der Waals surface area contributed by atoms with Gasteiger partial charge in [0.1, 0.15) is 29.5 Å². The summed E-state index contributed by atoms with van der Waals surface area (Å²) in [6.07, 6.45) is 5.80. The van der Waals surface area contributed by atoms with Crippen molar-refractivity contribution in [3.63, 3.8) is 0 Å². The summed E-state index contributed by atoms with van der Waals surface area (Å²) in [5.74, 6) is -0.763. The highest BCUT2D eigenvalue weighted by molar-refractivity contribution is 5.97. The number of piperazine rings is 1. The summed E-state index contributed by atoms with van der Waals surface area (Å²) in [7, 11) is 0. The summed E-state index contributed by atoms with van der Waals surface area (Å²) in [4.78, 5) is 33.3. The van der Waals surface area contributed by atoms with Gasteiger partial charge in [0.05, 0.1) is 11.1 Å². The van der Waals surface area contributed by atoms with Crippen molar-refractivity contribution in [1.29, 1.82) is 0 Å². The quantitative estimate of drug-likeness (QED) is 0.365. The van der Waals surface area contributed by atoms with E-state index in [0.717, 1.165) is 45.3 Å². The van der Waals surface area contributed by atoms with Gasteiger partial charge in [0.2, 0.25) is 5.56 Å². The first-order valence-corrected chi connectivity index (χ1v) is 14.4. The van der Waals surface area contributed by atoms with Crippen LogP contribution in [0.2, 0.25) is 0 Å². The van der Waals surface area contributed by atoms with Crippen LogP contribution in [0, 0.1) is 11.6 Å². The molecule has 41 heavy (non-hydrogen) atoms. The second-order valence-corrected chi connectivity index (χ2v) is 11.7.